The number of hydrogen-bond acceptors (Lipinski definition) is 4. The van der Waals surface area contributed by atoms with Crippen molar-refractivity contribution < 1.29 is 13.9 Å². The maximum Gasteiger partial charge on any atom is 0.410 e. The summed E-state index contributed by atoms with van der Waals surface area (Å²) in [4.78, 5) is 16.8. The highest BCUT2D eigenvalue weighted by molar-refractivity contribution is 5.68. The van der Waals surface area contributed by atoms with Crippen LogP contribution in [0.15, 0.2) is 42.7 Å². The second-order valence-corrected chi connectivity index (χ2v) is 8.43. The van der Waals surface area contributed by atoms with Gasteiger partial charge in [-0.05, 0) is 33.3 Å². The Morgan fingerprint density at radius 1 is 1.25 bits per heavy atom. The molecule has 3 rings (SSSR count). The van der Waals surface area contributed by atoms with Gasteiger partial charge in [0, 0.05) is 31.7 Å². The number of rotatable bonds is 4. The monoisotopic (exact) mass is 388 g/mol. The fraction of sp³-hybridized carbons (Fsp3) is 0.524. The molecule has 1 amide bonds. The second-order valence-electron chi connectivity index (χ2n) is 8.43. The topological polar surface area (TPSA) is 50.6 Å². The highest BCUT2D eigenvalue weighted by Gasteiger charge is 2.36. The van der Waals surface area contributed by atoms with Crippen LogP contribution < -0.4 is 0 Å². The standard InChI is InChI=1S/C21H29FN4O2/c1-16-11-24(12-17-8-6-5-7-9-17)19(14-25-13-18(22)10-23-25)15-26(16)20(27)28-21(2,3)4/h5-10,13,16,19H,11-12,14-15H2,1-4H3/t16-,19+/m1/s1. The molecule has 0 spiro atoms. The Kier molecular flexibility index (Phi) is 6.03. The van der Waals surface area contributed by atoms with Gasteiger partial charge in [-0.25, -0.2) is 9.18 Å². The van der Waals surface area contributed by atoms with Crippen molar-refractivity contribution in [2.45, 2.75) is 58.5 Å². The lowest BCUT2D eigenvalue weighted by Crippen LogP contribution is -2.60. The fourth-order valence-corrected chi connectivity index (χ4v) is 3.52. The highest BCUT2D eigenvalue weighted by atomic mass is 19.1. The molecule has 1 fully saturated rings. The van der Waals surface area contributed by atoms with Gasteiger partial charge in [0.25, 0.3) is 0 Å². The molecule has 152 valence electrons. The first-order valence-corrected chi connectivity index (χ1v) is 9.67. The van der Waals surface area contributed by atoms with Crippen molar-refractivity contribution in [3.63, 3.8) is 0 Å². The summed E-state index contributed by atoms with van der Waals surface area (Å²) in [5, 5.41) is 4.08. The van der Waals surface area contributed by atoms with Crippen LogP contribution in [0, 0.1) is 5.82 Å². The van der Waals surface area contributed by atoms with E-state index in [1.807, 2.05) is 45.9 Å². The molecule has 2 atom stereocenters. The van der Waals surface area contributed by atoms with Gasteiger partial charge in [0.2, 0.25) is 0 Å². The van der Waals surface area contributed by atoms with Gasteiger partial charge in [-0.1, -0.05) is 30.3 Å². The summed E-state index contributed by atoms with van der Waals surface area (Å²) in [5.74, 6) is -0.359. The van der Waals surface area contributed by atoms with Crippen LogP contribution >= 0.6 is 0 Å². The molecule has 28 heavy (non-hydrogen) atoms. The van der Waals surface area contributed by atoms with Crippen LogP contribution in [0.2, 0.25) is 0 Å². The van der Waals surface area contributed by atoms with Gasteiger partial charge in [0.05, 0.1) is 18.9 Å². The molecular weight excluding hydrogens is 359 g/mol. The molecule has 0 N–H and O–H groups in total. The molecule has 1 aromatic carbocycles. The van der Waals surface area contributed by atoms with Crippen molar-refractivity contribution in [2.24, 2.45) is 0 Å². The second kappa shape index (κ2) is 8.31. The van der Waals surface area contributed by atoms with Crippen molar-refractivity contribution in [1.29, 1.82) is 0 Å². The zero-order valence-electron chi connectivity index (χ0n) is 17.0. The molecule has 0 radical (unpaired) electrons. The van der Waals surface area contributed by atoms with Crippen molar-refractivity contribution in [2.75, 3.05) is 13.1 Å². The third-order valence-corrected chi connectivity index (χ3v) is 4.81. The summed E-state index contributed by atoms with van der Waals surface area (Å²) >= 11 is 0. The van der Waals surface area contributed by atoms with Crippen molar-refractivity contribution in [3.8, 4) is 0 Å². The lowest BCUT2D eigenvalue weighted by Gasteiger charge is -2.45. The largest absolute Gasteiger partial charge is 0.444 e. The number of amides is 1. The lowest BCUT2D eigenvalue weighted by atomic mass is 10.1. The van der Waals surface area contributed by atoms with E-state index in [2.05, 4.69) is 22.1 Å². The van der Waals surface area contributed by atoms with Crippen LogP contribution in [0.25, 0.3) is 0 Å². The van der Waals surface area contributed by atoms with Crippen LogP contribution in [-0.2, 0) is 17.8 Å². The molecule has 2 heterocycles. The van der Waals surface area contributed by atoms with Gasteiger partial charge in [-0.15, -0.1) is 0 Å². The van der Waals surface area contributed by atoms with E-state index in [4.69, 9.17) is 4.74 Å². The summed E-state index contributed by atoms with van der Waals surface area (Å²) in [7, 11) is 0. The van der Waals surface area contributed by atoms with Gasteiger partial charge >= 0.3 is 6.09 Å². The molecule has 7 heteroatoms. The zero-order chi connectivity index (χ0) is 20.3. The van der Waals surface area contributed by atoms with E-state index in [1.165, 1.54) is 18.0 Å². The molecule has 1 aliphatic heterocycles. The quantitative estimate of drug-likeness (QED) is 0.804. The Balaban J connectivity index is 1.78. The smallest absolute Gasteiger partial charge is 0.410 e. The normalized spacial score (nSPS) is 21.0. The first kappa shape index (κ1) is 20.3. The van der Waals surface area contributed by atoms with E-state index < -0.39 is 5.60 Å². The van der Waals surface area contributed by atoms with E-state index >= 15 is 0 Å². The zero-order valence-corrected chi connectivity index (χ0v) is 17.0. The molecule has 0 bridgehead atoms. The molecule has 6 nitrogen and oxygen atoms in total. The van der Waals surface area contributed by atoms with E-state index in [0.29, 0.717) is 19.6 Å². The van der Waals surface area contributed by atoms with Crippen LogP contribution in [0.5, 0.6) is 0 Å². The number of ether oxygens (including phenoxy) is 1. The number of carbonyl (C=O) groups is 1. The average Bonchev–Trinajstić information content (AvgIpc) is 3.01. The number of piperazine rings is 1. The predicted octanol–water partition coefficient (Wildman–Crippen LogP) is 3.53. The summed E-state index contributed by atoms with van der Waals surface area (Å²) in [6.07, 6.45) is 2.28. The molecule has 0 saturated carbocycles. The Hall–Kier alpha value is -2.41. The first-order valence-electron chi connectivity index (χ1n) is 9.67. The van der Waals surface area contributed by atoms with Crippen molar-refractivity contribution in [1.82, 2.24) is 19.6 Å². The van der Waals surface area contributed by atoms with Gasteiger partial charge < -0.3 is 9.64 Å². The Labute approximate surface area is 165 Å². The minimum atomic E-state index is -0.543. The van der Waals surface area contributed by atoms with Gasteiger partial charge in [-0.3, -0.25) is 9.58 Å². The lowest BCUT2D eigenvalue weighted by molar-refractivity contribution is -0.0177. The maximum absolute atomic E-state index is 13.4. The molecule has 1 aliphatic rings. The number of halogens is 1. The van der Waals surface area contributed by atoms with Crippen LogP contribution in [0.1, 0.15) is 33.3 Å². The molecule has 0 aliphatic carbocycles. The van der Waals surface area contributed by atoms with E-state index in [0.717, 1.165) is 6.54 Å². The van der Waals surface area contributed by atoms with E-state index in [1.54, 1.807) is 9.58 Å². The third kappa shape index (κ3) is 5.32. The number of nitrogens with zero attached hydrogens (tertiary/aromatic N) is 4. The number of carbonyl (C=O) groups excluding carboxylic acids is 1. The van der Waals surface area contributed by atoms with E-state index in [-0.39, 0.29) is 24.0 Å². The van der Waals surface area contributed by atoms with Crippen LogP contribution in [0.3, 0.4) is 0 Å². The van der Waals surface area contributed by atoms with Crippen LogP contribution in [-0.4, -0.2) is 56.4 Å². The Morgan fingerprint density at radius 2 is 1.96 bits per heavy atom. The predicted molar refractivity (Wildman–Crippen MR) is 105 cm³/mol. The van der Waals surface area contributed by atoms with Crippen molar-refractivity contribution >= 4 is 6.09 Å². The van der Waals surface area contributed by atoms with Crippen molar-refractivity contribution in [3.05, 3.63) is 54.1 Å². The number of hydrogen-bond donors (Lipinski definition) is 0. The fourth-order valence-electron chi connectivity index (χ4n) is 3.52. The summed E-state index contributed by atoms with van der Waals surface area (Å²) in [6.45, 7) is 10.1. The Bertz CT molecular complexity index is 787. The molecular formula is C21H29FN4O2. The van der Waals surface area contributed by atoms with Gasteiger partial charge in [0.15, 0.2) is 5.82 Å². The summed E-state index contributed by atoms with van der Waals surface area (Å²) < 4.78 is 20.6. The van der Waals surface area contributed by atoms with Gasteiger partial charge in [-0.2, -0.15) is 5.10 Å². The first-order chi connectivity index (χ1) is 13.2. The Morgan fingerprint density at radius 3 is 2.57 bits per heavy atom. The SMILES string of the molecule is C[C@@H]1CN(Cc2ccccc2)[C@@H](Cn2cc(F)cn2)CN1C(=O)OC(C)(C)C. The molecule has 1 saturated heterocycles. The minimum absolute atomic E-state index is 0.00299. The summed E-state index contributed by atoms with van der Waals surface area (Å²) in [5.41, 5.74) is 0.663. The minimum Gasteiger partial charge on any atom is -0.444 e. The summed E-state index contributed by atoms with van der Waals surface area (Å²) in [6, 6.07) is 10.2. The van der Waals surface area contributed by atoms with Gasteiger partial charge in [0.1, 0.15) is 5.60 Å². The third-order valence-electron chi connectivity index (χ3n) is 4.81. The number of benzene rings is 1. The maximum atomic E-state index is 13.4. The number of aromatic nitrogens is 2. The highest BCUT2D eigenvalue weighted by Crippen LogP contribution is 2.22. The average molecular weight is 388 g/mol. The molecule has 1 aromatic heterocycles. The molecule has 0 unspecified atom stereocenters. The molecule has 2 aromatic rings. The van der Waals surface area contributed by atoms with E-state index in [9.17, 15) is 9.18 Å². The van der Waals surface area contributed by atoms with Crippen LogP contribution in [0.4, 0.5) is 9.18 Å².